The minimum Gasteiger partial charge on any atom is -0.342 e. The molecule has 0 saturated heterocycles. The largest absolute Gasteiger partial charge is 0.342 e. The number of rotatable bonds is 9. The molecule has 25 heteroatoms. The average Bonchev–Trinajstić information content (AvgIpc) is 1.77. The van der Waals surface area contributed by atoms with Gasteiger partial charge in [0.2, 0.25) is 0 Å². The molecule has 0 radical (unpaired) electrons. The zero-order chi connectivity index (χ0) is 77.0. The van der Waals surface area contributed by atoms with Gasteiger partial charge in [-0.3, -0.25) is 19.4 Å². The van der Waals surface area contributed by atoms with Crippen LogP contribution in [0.1, 0.15) is 226 Å². The number of nitrogens with zero attached hydrogens (tertiary/aromatic N) is 18. The van der Waals surface area contributed by atoms with Gasteiger partial charge >= 0.3 is 0 Å². The fraction of sp³-hybridized carbons (Fsp3) is 0.325. The first-order valence-electron chi connectivity index (χ1n) is 36.5. The zero-order valence-corrected chi connectivity index (χ0v) is 68.8. The van der Waals surface area contributed by atoms with Gasteiger partial charge in [-0.2, -0.15) is 5.10 Å². The molecular weight excluding hydrogens is 1440 g/mol. The number of fused-ring (bicyclic) bond motifs is 9. The van der Waals surface area contributed by atoms with Crippen molar-refractivity contribution < 1.29 is 0 Å². The molecule has 2 N–H and O–H groups in total. The van der Waals surface area contributed by atoms with Crippen molar-refractivity contribution in [1.82, 2.24) is 98.7 Å². The van der Waals surface area contributed by atoms with Crippen LogP contribution in [-0.2, 0) is 0 Å². The highest BCUT2D eigenvalue weighted by Gasteiger charge is 2.13. The van der Waals surface area contributed by atoms with Crippen LogP contribution in [0.15, 0.2) is 190 Å². The van der Waals surface area contributed by atoms with Crippen molar-refractivity contribution in [3.8, 4) is 0 Å². The molecule has 16 aromatic heterocycles. The third-order valence-electron chi connectivity index (χ3n) is 16.1. The van der Waals surface area contributed by atoms with Crippen LogP contribution in [0.25, 0.3) is 84.7 Å². The van der Waals surface area contributed by atoms with E-state index in [1.165, 1.54) is 43.8 Å². The van der Waals surface area contributed by atoms with E-state index in [1.807, 2.05) is 127 Å². The first kappa shape index (κ1) is 80.4. The van der Waals surface area contributed by atoms with Crippen molar-refractivity contribution in [2.24, 2.45) is 0 Å². The second-order valence-corrected chi connectivity index (χ2v) is 33.4. The molecule has 0 amide bonds. The summed E-state index contributed by atoms with van der Waals surface area (Å²) < 4.78 is 8.63. The number of nitrogens with one attached hydrogen (secondary N) is 2. The standard InChI is InChI=1S/C10H12N2.C10H11NS.3C9H11N3.4C9H10N2S/c2*1-7(2)10-11-8-5-3-4-6-9(8)12-10;1-7(2)8-5-12-6-10-4-3-9(12)11-8;1-6(2)9-11-7-3-4-10-5-8(7)12-9;1-7(2)8-6-12-9(11-8)4-3-5-10-12;1-6(2)9-11-7-5-10-4-3-8(7)12-9;1-6(2)9-11-7-3-4-10-5-8(7)12-9;1-6(2)9-11-8-7(12-9)4-3-5-10-8;1-6(2)8-11-7-4-3-5-10-9(7)12-8/h3-7H,1-2H3,(H,11,12);2*3-7H,1-2H3;3-6H,1-2H3,(H,11,12);3-7H,1-2H3;4*3-6H,1-2H3. The number of thiazole rings is 5. The number of hydrogen-bond acceptors (Lipinski definition) is 21. The van der Waals surface area contributed by atoms with Gasteiger partial charge in [0.05, 0.1) is 112 Å². The second-order valence-electron chi connectivity index (χ2n) is 28.1. The number of aromatic amines is 2. The van der Waals surface area contributed by atoms with Gasteiger partial charge in [-0.25, -0.2) is 64.3 Å². The molecule has 16 heterocycles. The zero-order valence-electron chi connectivity index (χ0n) is 64.7. The smallest absolute Gasteiger partial charge is 0.170 e. The van der Waals surface area contributed by atoms with E-state index >= 15 is 0 Å². The molecule has 0 aliphatic carbocycles. The Morgan fingerprint density at radius 3 is 1.37 bits per heavy atom. The van der Waals surface area contributed by atoms with Crippen molar-refractivity contribution in [2.75, 3.05) is 0 Å². The SMILES string of the molecule is CC(C)c1cn2cnccc2n1.CC(C)c1cn2ncccc2n1.CC(C)c1nc2ccccc2[nH]1.CC(C)c1nc2ccccc2s1.CC(C)c1nc2cccnc2s1.CC(C)c1nc2ccncc2[nH]1.CC(C)c1nc2ccncc2s1.CC(C)c1nc2cnccc2s1.CC(C)c1nc2ncccc2s1. The number of aromatic nitrogens is 20. The van der Waals surface area contributed by atoms with Crippen LogP contribution in [0, 0.1) is 0 Å². The first-order chi connectivity index (χ1) is 51.9. The molecule has 0 fully saturated rings. The van der Waals surface area contributed by atoms with Crippen LogP contribution in [0.3, 0.4) is 0 Å². The quantitative estimate of drug-likeness (QED) is 0.136. The number of hydrogen-bond donors (Lipinski definition) is 2. The summed E-state index contributed by atoms with van der Waals surface area (Å²) in [4.78, 5) is 72.2. The van der Waals surface area contributed by atoms with Gasteiger partial charge < -0.3 is 9.97 Å². The minimum atomic E-state index is 0.442. The van der Waals surface area contributed by atoms with E-state index in [9.17, 15) is 0 Å². The van der Waals surface area contributed by atoms with Gasteiger partial charge in [-0.15, -0.1) is 45.3 Å². The van der Waals surface area contributed by atoms with Crippen LogP contribution in [0.5, 0.6) is 0 Å². The summed E-state index contributed by atoms with van der Waals surface area (Å²) in [7, 11) is 0. The van der Waals surface area contributed by atoms with Crippen molar-refractivity contribution >= 4 is 141 Å². The monoisotopic (exact) mass is 1530 g/mol. The lowest BCUT2D eigenvalue weighted by molar-refractivity contribution is 0.799. The number of benzene rings is 2. The summed E-state index contributed by atoms with van der Waals surface area (Å²) in [5.74, 6) is 6.53. The Labute approximate surface area is 651 Å². The number of imidazole rings is 4. The molecule has 0 bridgehead atoms. The van der Waals surface area contributed by atoms with Crippen LogP contribution in [0.2, 0.25) is 0 Å². The highest BCUT2D eigenvalue weighted by atomic mass is 32.1. The van der Waals surface area contributed by atoms with Gasteiger partial charge in [0.1, 0.15) is 34.0 Å². The molecule has 108 heavy (non-hydrogen) atoms. The minimum absolute atomic E-state index is 0.442. The van der Waals surface area contributed by atoms with E-state index in [-0.39, 0.29) is 0 Å². The van der Waals surface area contributed by atoms with Crippen molar-refractivity contribution in [3.63, 3.8) is 0 Å². The van der Waals surface area contributed by atoms with E-state index in [2.05, 4.69) is 239 Å². The van der Waals surface area contributed by atoms with Gasteiger partial charge in [-0.1, -0.05) is 160 Å². The summed E-state index contributed by atoms with van der Waals surface area (Å²) in [5, 5.41) is 10.1. The lowest BCUT2D eigenvalue weighted by Crippen LogP contribution is -1.88. The van der Waals surface area contributed by atoms with E-state index in [4.69, 9.17) is 0 Å². The lowest BCUT2D eigenvalue weighted by atomic mass is 10.2. The maximum atomic E-state index is 4.53. The first-order valence-corrected chi connectivity index (χ1v) is 40.6. The molecule has 0 spiro atoms. The van der Waals surface area contributed by atoms with Gasteiger partial charge in [0.25, 0.3) is 0 Å². The second kappa shape index (κ2) is 38.6. The van der Waals surface area contributed by atoms with Gasteiger partial charge in [0.15, 0.2) is 11.3 Å². The van der Waals surface area contributed by atoms with E-state index in [1.54, 1.807) is 105 Å². The van der Waals surface area contributed by atoms with Crippen LogP contribution in [-0.4, -0.2) is 98.7 Å². The van der Waals surface area contributed by atoms with E-state index in [0.29, 0.717) is 53.3 Å². The average molecular weight is 1530 g/mol. The summed E-state index contributed by atoms with van der Waals surface area (Å²) in [6.45, 7) is 38.6. The Hall–Kier alpha value is -10.2. The maximum Gasteiger partial charge on any atom is 0.170 e. The Kier molecular flexibility index (Phi) is 28.7. The summed E-state index contributed by atoms with van der Waals surface area (Å²) in [6, 6.07) is 36.0. The molecule has 558 valence electrons. The topological polar surface area (TPSA) is 247 Å². The fourth-order valence-corrected chi connectivity index (χ4v) is 14.6. The molecule has 0 aliphatic rings. The Bertz CT molecular complexity index is 4330. The molecule has 2 aromatic carbocycles. The predicted molar refractivity (Wildman–Crippen MR) is 452 cm³/mol. The maximum absolute atomic E-state index is 4.53. The third kappa shape index (κ3) is 22.2. The normalized spacial score (nSPS) is 11.2. The van der Waals surface area contributed by atoms with Crippen molar-refractivity contribution in [1.29, 1.82) is 0 Å². The Morgan fingerprint density at radius 2 is 0.778 bits per heavy atom. The summed E-state index contributed by atoms with van der Waals surface area (Å²) >= 11 is 8.70. The van der Waals surface area contributed by atoms with Gasteiger partial charge in [0, 0.05) is 97.2 Å². The lowest BCUT2D eigenvalue weighted by Gasteiger charge is -1.95. The molecule has 0 atom stereocenters. The number of H-pyrrole nitrogens is 2. The van der Waals surface area contributed by atoms with Gasteiger partial charge in [-0.05, 0) is 96.8 Å². The summed E-state index contributed by atoms with van der Waals surface area (Å²) in [6.07, 6.45) is 23.7. The van der Waals surface area contributed by atoms with Crippen LogP contribution in [0.4, 0.5) is 0 Å². The Morgan fingerprint density at radius 1 is 0.306 bits per heavy atom. The molecule has 0 unspecified atom stereocenters. The molecule has 18 aromatic rings. The predicted octanol–water partition coefficient (Wildman–Crippen LogP) is 23.2. The van der Waals surface area contributed by atoms with E-state index < -0.39 is 0 Å². The van der Waals surface area contributed by atoms with Crippen LogP contribution >= 0.6 is 56.7 Å². The van der Waals surface area contributed by atoms with Crippen molar-refractivity contribution in [2.45, 2.75) is 178 Å². The van der Waals surface area contributed by atoms with Crippen LogP contribution < -0.4 is 0 Å². The number of para-hydroxylation sites is 3. The highest BCUT2D eigenvalue weighted by molar-refractivity contribution is 7.19. The number of pyridine rings is 5. The van der Waals surface area contributed by atoms with Crippen molar-refractivity contribution in [3.05, 3.63) is 238 Å². The molecule has 20 nitrogen and oxygen atoms in total. The molecule has 0 saturated carbocycles. The third-order valence-corrected chi connectivity index (χ3v) is 22.7. The Balaban J connectivity index is 0.000000130. The molecule has 0 aliphatic heterocycles. The molecule has 18 rings (SSSR count). The molecular formula is C83H96N20S5. The fourth-order valence-electron chi connectivity index (χ4n) is 9.96. The highest BCUT2D eigenvalue weighted by Crippen LogP contribution is 2.31. The summed E-state index contributed by atoms with van der Waals surface area (Å²) in [5.41, 5.74) is 13.4. The van der Waals surface area contributed by atoms with E-state index in [0.717, 1.165) is 88.9 Å².